The predicted molar refractivity (Wildman–Crippen MR) is 77.8 cm³/mol. The van der Waals surface area contributed by atoms with E-state index < -0.39 is 5.60 Å². The SMILES string of the molecule is Cc1ccc([C@H]2O[C@@]2(C(=O)C=[N+]=[N-])c2ccccc2)cc1. The minimum Gasteiger partial charge on any atom is -0.361 e. The molecule has 21 heavy (non-hydrogen) atoms. The number of carbonyl (C=O) groups excluding carboxylic acids is 1. The first-order valence-electron chi connectivity index (χ1n) is 6.70. The summed E-state index contributed by atoms with van der Waals surface area (Å²) in [5, 5.41) is 0. The average molecular weight is 278 g/mol. The summed E-state index contributed by atoms with van der Waals surface area (Å²) in [5.74, 6) is -0.359. The smallest absolute Gasteiger partial charge is 0.326 e. The van der Waals surface area contributed by atoms with E-state index in [1.54, 1.807) is 0 Å². The fraction of sp³-hybridized carbons (Fsp3) is 0.176. The molecule has 2 aromatic carbocycles. The molecular formula is C17H14N2O2. The van der Waals surface area contributed by atoms with Crippen LogP contribution in [0.25, 0.3) is 5.53 Å². The van der Waals surface area contributed by atoms with E-state index in [0.717, 1.165) is 22.9 Å². The Kier molecular flexibility index (Phi) is 3.26. The third kappa shape index (κ3) is 2.21. The molecule has 3 rings (SSSR count). The molecule has 4 heteroatoms. The first-order valence-corrected chi connectivity index (χ1v) is 6.70. The van der Waals surface area contributed by atoms with Crippen molar-refractivity contribution in [2.75, 3.05) is 0 Å². The zero-order chi connectivity index (χ0) is 14.9. The van der Waals surface area contributed by atoms with E-state index >= 15 is 0 Å². The summed E-state index contributed by atoms with van der Waals surface area (Å²) in [4.78, 5) is 15.2. The zero-order valence-electron chi connectivity index (χ0n) is 11.6. The van der Waals surface area contributed by atoms with E-state index in [2.05, 4.69) is 4.79 Å². The second-order valence-electron chi connectivity index (χ2n) is 5.12. The minimum absolute atomic E-state index is 0.356. The van der Waals surface area contributed by atoms with Crippen LogP contribution in [0.2, 0.25) is 0 Å². The van der Waals surface area contributed by atoms with Crippen LogP contribution in [-0.2, 0) is 15.1 Å². The van der Waals surface area contributed by atoms with Crippen LogP contribution < -0.4 is 0 Å². The lowest BCUT2D eigenvalue weighted by Gasteiger charge is -2.08. The van der Waals surface area contributed by atoms with Crippen LogP contribution in [0.5, 0.6) is 0 Å². The fourth-order valence-corrected chi connectivity index (χ4v) is 2.58. The van der Waals surface area contributed by atoms with Crippen molar-refractivity contribution in [2.45, 2.75) is 18.6 Å². The number of aryl methyl sites for hydroxylation is 1. The maximum Gasteiger partial charge on any atom is 0.326 e. The predicted octanol–water partition coefficient (Wildman–Crippen LogP) is 2.83. The highest BCUT2D eigenvalue weighted by Gasteiger charge is 2.64. The molecule has 0 saturated carbocycles. The van der Waals surface area contributed by atoms with E-state index in [0.29, 0.717) is 0 Å². The Morgan fingerprint density at radius 1 is 1.19 bits per heavy atom. The van der Waals surface area contributed by atoms with Crippen molar-refractivity contribution in [3.05, 3.63) is 76.8 Å². The van der Waals surface area contributed by atoms with Crippen LogP contribution in [0.4, 0.5) is 0 Å². The highest BCUT2D eigenvalue weighted by Crippen LogP contribution is 2.57. The van der Waals surface area contributed by atoms with Crippen molar-refractivity contribution in [1.29, 1.82) is 0 Å². The largest absolute Gasteiger partial charge is 0.361 e. The first kappa shape index (κ1) is 13.4. The molecule has 1 heterocycles. The quantitative estimate of drug-likeness (QED) is 0.373. The van der Waals surface area contributed by atoms with Crippen molar-refractivity contribution in [1.82, 2.24) is 0 Å². The van der Waals surface area contributed by atoms with Gasteiger partial charge in [-0.2, -0.15) is 4.79 Å². The van der Waals surface area contributed by atoms with E-state index in [9.17, 15) is 4.79 Å². The second-order valence-corrected chi connectivity index (χ2v) is 5.12. The molecule has 104 valence electrons. The molecule has 1 fully saturated rings. The average Bonchev–Trinajstić information content (AvgIpc) is 3.26. The molecular weight excluding hydrogens is 264 g/mol. The Hall–Kier alpha value is -2.55. The van der Waals surface area contributed by atoms with Crippen molar-refractivity contribution >= 4 is 12.0 Å². The zero-order valence-corrected chi connectivity index (χ0v) is 11.6. The summed E-state index contributed by atoms with van der Waals surface area (Å²) in [7, 11) is 0. The van der Waals surface area contributed by atoms with Gasteiger partial charge in [0.1, 0.15) is 6.10 Å². The van der Waals surface area contributed by atoms with Crippen LogP contribution in [-0.4, -0.2) is 16.8 Å². The van der Waals surface area contributed by atoms with Gasteiger partial charge in [0.15, 0.2) is 5.60 Å². The maximum atomic E-state index is 12.3. The number of nitrogens with zero attached hydrogens (tertiary/aromatic N) is 2. The lowest BCUT2D eigenvalue weighted by atomic mass is 9.88. The molecule has 4 nitrogen and oxygen atoms in total. The van der Waals surface area contributed by atoms with Gasteiger partial charge in [0.25, 0.3) is 5.78 Å². The fourth-order valence-electron chi connectivity index (χ4n) is 2.58. The molecule has 0 aliphatic carbocycles. The normalized spacial score (nSPS) is 23.2. The van der Waals surface area contributed by atoms with Crippen LogP contribution in [0.3, 0.4) is 0 Å². The van der Waals surface area contributed by atoms with Gasteiger partial charge in [0.05, 0.1) is 0 Å². The van der Waals surface area contributed by atoms with Crippen molar-refractivity contribution < 1.29 is 14.3 Å². The number of rotatable bonds is 4. The summed E-state index contributed by atoms with van der Waals surface area (Å²) in [6, 6.07) is 17.2. The highest BCUT2D eigenvalue weighted by atomic mass is 16.6. The highest BCUT2D eigenvalue weighted by molar-refractivity contribution is 6.30. The molecule has 0 spiro atoms. The summed E-state index contributed by atoms with van der Waals surface area (Å²) in [6.07, 6.45) is 0.548. The van der Waals surface area contributed by atoms with Gasteiger partial charge in [-0.05, 0) is 18.1 Å². The molecule has 1 aliphatic heterocycles. The van der Waals surface area contributed by atoms with Gasteiger partial charge in [-0.1, -0.05) is 60.2 Å². The van der Waals surface area contributed by atoms with Gasteiger partial charge < -0.3 is 10.3 Å². The van der Waals surface area contributed by atoms with Gasteiger partial charge in [-0.3, -0.25) is 4.79 Å². The molecule has 0 N–H and O–H groups in total. The van der Waals surface area contributed by atoms with Crippen LogP contribution in [0.15, 0.2) is 54.6 Å². The minimum atomic E-state index is -1.08. The van der Waals surface area contributed by atoms with Crippen LogP contribution >= 0.6 is 0 Å². The summed E-state index contributed by atoms with van der Waals surface area (Å²) in [5.41, 5.74) is 10.4. The van der Waals surface area contributed by atoms with Crippen LogP contribution in [0, 0.1) is 6.92 Å². The van der Waals surface area contributed by atoms with E-state index in [-0.39, 0.29) is 11.9 Å². The van der Waals surface area contributed by atoms with Crippen LogP contribution in [0.1, 0.15) is 22.8 Å². The number of epoxide rings is 1. The number of hydrogen-bond donors (Lipinski definition) is 0. The van der Waals surface area contributed by atoms with Gasteiger partial charge in [0, 0.05) is 0 Å². The summed E-state index contributed by atoms with van der Waals surface area (Å²) >= 11 is 0. The number of carbonyl (C=O) groups is 1. The summed E-state index contributed by atoms with van der Waals surface area (Å²) in [6.45, 7) is 2.01. The molecule has 0 aromatic heterocycles. The Morgan fingerprint density at radius 3 is 2.48 bits per heavy atom. The van der Waals surface area contributed by atoms with E-state index in [4.69, 9.17) is 10.3 Å². The topological polar surface area (TPSA) is 66.0 Å². The molecule has 2 aromatic rings. The number of hydrogen-bond acceptors (Lipinski definition) is 2. The maximum absolute atomic E-state index is 12.3. The Bertz CT molecular complexity index is 718. The molecule has 0 unspecified atom stereocenters. The Balaban J connectivity index is 2.03. The number of ether oxygens (including phenoxy) is 1. The van der Waals surface area contributed by atoms with E-state index in [1.165, 1.54) is 0 Å². The molecule has 2 atom stereocenters. The molecule has 0 bridgehead atoms. The Labute approximate surface area is 122 Å². The second kappa shape index (κ2) is 5.09. The third-order valence-electron chi connectivity index (χ3n) is 3.74. The lowest BCUT2D eigenvalue weighted by Crippen LogP contribution is -2.24. The van der Waals surface area contributed by atoms with Gasteiger partial charge in [0.2, 0.25) is 0 Å². The standard InChI is InChI=1S/C17H14N2O2/c1-12-7-9-13(10-8-12)16-17(21-16,15(20)11-19-18)14-5-3-2-4-6-14/h2-11,16H,1H3/t16-,17-/m1/s1. The number of Topliss-reactive ketones (excluding diaryl/α,β-unsaturated/α-hetero) is 1. The first-order chi connectivity index (χ1) is 10.2. The number of benzene rings is 2. The van der Waals surface area contributed by atoms with Crippen molar-refractivity contribution in [2.24, 2.45) is 0 Å². The van der Waals surface area contributed by atoms with Crippen molar-refractivity contribution in [3.8, 4) is 0 Å². The van der Waals surface area contributed by atoms with Gasteiger partial charge >= 0.3 is 6.21 Å². The lowest BCUT2D eigenvalue weighted by molar-refractivity contribution is -0.121. The molecule has 0 amide bonds. The number of ketones is 1. The van der Waals surface area contributed by atoms with Crippen molar-refractivity contribution in [3.63, 3.8) is 0 Å². The third-order valence-corrected chi connectivity index (χ3v) is 3.74. The monoisotopic (exact) mass is 278 g/mol. The van der Waals surface area contributed by atoms with E-state index in [1.807, 2.05) is 61.5 Å². The summed E-state index contributed by atoms with van der Waals surface area (Å²) < 4.78 is 5.78. The molecule has 0 radical (unpaired) electrons. The van der Waals surface area contributed by atoms with Gasteiger partial charge in [-0.25, -0.2) is 0 Å². The Morgan fingerprint density at radius 2 is 1.86 bits per heavy atom. The molecule has 1 saturated heterocycles. The molecule has 1 aliphatic rings. The van der Waals surface area contributed by atoms with Gasteiger partial charge in [-0.15, -0.1) is 0 Å².